The number of benzene rings is 1. The summed E-state index contributed by atoms with van der Waals surface area (Å²) < 4.78 is 0. The van der Waals surface area contributed by atoms with Crippen molar-refractivity contribution in [2.75, 3.05) is 0 Å². The molecule has 0 saturated heterocycles. The molecule has 0 amide bonds. The lowest BCUT2D eigenvalue weighted by atomic mass is 9.82. The quantitative estimate of drug-likeness (QED) is 0.795. The van der Waals surface area contributed by atoms with Crippen molar-refractivity contribution in [2.24, 2.45) is 5.92 Å². The lowest BCUT2D eigenvalue weighted by molar-refractivity contribution is -0.137. The van der Waals surface area contributed by atoms with Crippen molar-refractivity contribution in [1.82, 2.24) is 0 Å². The van der Waals surface area contributed by atoms with Gasteiger partial charge in [-0.05, 0) is 60.6 Å². The van der Waals surface area contributed by atoms with Crippen molar-refractivity contribution >= 4 is 17.6 Å². The second kappa shape index (κ2) is 6.39. The number of rotatable bonds is 5. The zero-order valence-corrected chi connectivity index (χ0v) is 13.1. The van der Waals surface area contributed by atoms with Gasteiger partial charge < -0.3 is 5.11 Å². The van der Waals surface area contributed by atoms with Crippen LogP contribution >= 0.6 is 11.6 Å². The predicted molar refractivity (Wildman–Crippen MR) is 85.0 cm³/mol. The second-order valence-electron chi connectivity index (χ2n) is 6.66. The van der Waals surface area contributed by atoms with E-state index in [2.05, 4.69) is 12.1 Å². The number of carboxylic acid groups (broad SMARTS) is 1. The molecule has 2 fully saturated rings. The molecule has 0 radical (unpaired) electrons. The number of carboxylic acids is 1. The molecule has 0 aromatic heterocycles. The summed E-state index contributed by atoms with van der Waals surface area (Å²) in [5.74, 6) is 0.566. The Kier molecular flexibility index (Phi) is 4.54. The summed E-state index contributed by atoms with van der Waals surface area (Å²) in [5, 5.41) is 9.96. The van der Waals surface area contributed by atoms with Crippen LogP contribution in [0, 0.1) is 5.92 Å². The van der Waals surface area contributed by atoms with Gasteiger partial charge in [0, 0.05) is 5.02 Å². The van der Waals surface area contributed by atoms with E-state index in [1.165, 1.54) is 37.7 Å². The fraction of sp³-hybridized carbons (Fsp3) is 0.611. The van der Waals surface area contributed by atoms with Crippen molar-refractivity contribution in [1.29, 1.82) is 0 Å². The molecule has 2 saturated carbocycles. The maximum absolute atomic E-state index is 11.1. The average Bonchev–Trinajstić information content (AvgIpc) is 3.30. The van der Waals surface area contributed by atoms with Crippen LogP contribution in [0.1, 0.15) is 74.3 Å². The normalized spacial score (nSPS) is 21.2. The molecule has 2 nitrogen and oxygen atoms in total. The van der Waals surface area contributed by atoms with Gasteiger partial charge in [-0.25, -0.2) is 0 Å². The van der Waals surface area contributed by atoms with Gasteiger partial charge in [-0.15, -0.1) is 0 Å². The lowest BCUT2D eigenvalue weighted by Gasteiger charge is -2.24. The summed E-state index contributed by atoms with van der Waals surface area (Å²) in [7, 11) is 0. The Balaban J connectivity index is 1.80. The topological polar surface area (TPSA) is 37.3 Å². The summed E-state index contributed by atoms with van der Waals surface area (Å²) >= 11 is 6.52. The van der Waals surface area contributed by atoms with E-state index in [-0.39, 0.29) is 12.3 Å². The molecule has 1 aromatic rings. The van der Waals surface area contributed by atoms with Crippen LogP contribution in [0.4, 0.5) is 0 Å². The molecular weight excluding hydrogens is 284 g/mol. The highest BCUT2D eigenvalue weighted by atomic mass is 35.5. The monoisotopic (exact) mass is 306 g/mol. The maximum atomic E-state index is 11.1. The summed E-state index contributed by atoms with van der Waals surface area (Å²) in [4.78, 5) is 11.1. The van der Waals surface area contributed by atoms with Gasteiger partial charge in [-0.2, -0.15) is 0 Å². The van der Waals surface area contributed by atoms with E-state index in [0.29, 0.717) is 11.8 Å². The summed E-state index contributed by atoms with van der Waals surface area (Å²) in [6, 6.07) is 6.32. The second-order valence-corrected chi connectivity index (χ2v) is 7.06. The Morgan fingerprint density at radius 1 is 1.19 bits per heavy atom. The minimum atomic E-state index is -0.709. The van der Waals surface area contributed by atoms with Gasteiger partial charge in [-0.1, -0.05) is 43.0 Å². The van der Waals surface area contributed by atoms with E-state index in [4.69, 9.17) is 16.7 Å². The average molecular weight is 307 g/mol. The van der Waals surface area contributed by atoms with Crippen LogP contribution in [0.5, 0.6) is 0 Å². The number of aliphatic carboxylic acids is 1. The largest absolute Gasteiger partial charge is 0.481 e. The highest BCUT2D eigenvalue weighted by molar-refractivity contribution is 6.31. The van der Waals surface area contributed by atoms with Gasteiger partial charge in [0.05, 0.1) is 6.42 Å². The number of hydrogen-bond acceptors (Lipinski definition) is 1. The van der Waals surface area contributed by atoms with Crippen LogP contribution in [-0.4, -0.2) is 11.1 Å². The molecular formula is C18H23ClO2. The van der Waals surface area contributed by atoms with Gasteiger partial charge in [0.15, 0.2) is 0 Å². The number of hydrogen-bond donors (Lipinski definition) is 1. The summed E-state index contributed by atoms with van der Waals surface area (Å²) in [5.41, 5.74) is 2.38. The van der Waals surface area contributed by atoms with Crippen LogP contribution in [0.3, 0.4) is 0 Å². The van der Waals surface area contributed by atoms with Crippen molar-refractivity contribution in [3.05, 3.63) is 34.3 Å². The first-order chi connectivity index (χ1) is 10.1. The molecule has 2 aliphatic carbocycles. The molecule has 0 aliphatic heterocycles. The van der Waals surface area contributed by atoms with E-state index in [0.717, 1.165) is 23.4 Å². The fourth-order valence-electron chi connectivity index (χ4n) is 3.76. The third kappa shape index (κ3) is 3.60. The Labute approximate surface area is 131 Å². The molecule has 0 bridgehead atoms. The van der Waals surface area contributed by atoms with E-state index in [1.807, 2.05) is 6.07 Å². The minimum Gasteiger partial charge on any atom is -0.481 e. The van der Waals surface area contributed by atoms with Gasteiger partial charge in [0.25, 0.3) is 0 Å². The molecule has 1 atom stereocenters. The van der Waals surface area contributed by atoms with Crippen molar-refractivity contribution < 1.29 is 9.90 Å². The lowest BCUT2D eigenvalue weighted by Crippen LogP contribution is -2.10. The molecule has 1 aromatic carbocycles. The number of carbonyl (C=O) groups is 1. The van der Waals surface area contributed by atoms with Crippen LogP contribution in [0.15, 0.2) is 18.2 Å². The van der Waals surface area contributed by atoms with Gasteiger partial charge >= 0.3 is 5.97 Å². The zero-order valence-electron chi connectivity index (χ0n) is 12.4. The highest BCUT2D eigenvalue weighted by Crippen LogP contribution is 2.46. The Hall–Kier alpha value is -1.02. The third-order valence-corrected chi connectivity index (χ3v) is 5.41. The van der Waals surface area contributed by atoms with Crippen molar-refractivity contribution in [2.45, 2.75) is 63.2 Å². The molecule has 1 N–H and O–H groups in total. The maximum Gasteiger partial charge on any atom is 0.303 e. The molecule has 0 heterocycles. The SMILES string of the molecule is O=C(O)CC(c1ccc(C2CCCCC2)c(Cl)c1)C1CC1. The molecule has 2 aliphatic rings. The molecule has 21 heavy (non-hydrogen) atoms. The van der Waals surface area contributed by atoms with Crippen molar-refractivity contribution in [3.63, 3.8) is 0 Å². The Bertz CT molecular complexity index is 516. The highest BCUT2D eigenvalue weighted by Gasteiger charge is 2.34. The van der Waals surface area contributed by atoms with E-state index in [1.54, 1.807) is 0 Å². The predicted octanol–water partition coefficient (Wildman–Crippen LogP) is 5.36. The Morgan fingerprint density at radius 2 is 1.90 bits per heavy atom. The molecule has 3 heteroatoms. The Morgan fingerprint density at radius 3 is 2.48 bits per heavy atom. The summed E-state index contributed by atoms with van der Waals surface area (Å²) in [6.07, 6.45) is 8.94. The minimum absolute atomic E-state index is 0.139. The van der Waals surface area contributed by atoms with Crippen LogP contribution in [-0.2, 0) is 4.79 Å². The van der Waals surface area contributed by atoms with Crippen molar-refractivity contribution in [3.8, 4) is 0 Å². The van der Waals surface area contributed by atoms with Gasteiger partial charge in [0.2, 0.25) is 0 Å². The van der Waals surface area contributed by atoms with Crippen LogP contribution < -0.4 is 0 Å². The molecule has 3 rings (SSSR count). The summed E-state index contributed by atoms with van der Waals surface area (Å²) in [6.45, 7) is 0. The first-order valence-electron chi connectivity index (χ1n) is 8.16. The molecule has 114 valence electrons. The van der Waals surface area contributed by atoms with Gasteiger partial charge in [-0.3, -0.25) is 4.79 Å². The van der Waals surface area contributed by atoms with E-state index >= 15 is 0 Å². The standard InChI is InChI=1S/C18H23ClO2/c19-17-10-14(16(11-18(20)21)13-6-7-13)8-9-15(17)12-4-2-1-3-5-12/h8-10,12-13,16H,1-7,11H2,(H,20,21). The first-order valence-corrected chi connectivity index (χ1v) is 8.54. The van der Waals surface area contributed by atoms with Gasteiger partial charge in [0.1, 0.15) is 0 Å². The number of halogens is 1. The van der Waals surface area contributed by atoms with Crippen LogP contribution in [0.2, 0.25) is 5.02 Å². The third-order valence-electron chi connectivity index (χ3n) is 5.08. The van der Waals surface area contributed by atoms with E-state index < -0.39 is 5.97 Å². The smallest absolute Gasteiger partial charge is 0.303 e. The van der Waals surface area contributed by atoms with E-state index in [9.17, 15) is 4.79 Å². The zero-order chi connectivity index (χ0) is 14.8. The fourth-order valence-corrected chi connectivity index (χ4v) is 4.11. The van der Waals surface area contributed by atoms with Crippen LogP contribution in [0.25, 0.3) is 0 Å². The molecule has 1 unspecified atom stereocenters. The molecule has 0 spiro atoms. The first kappa shape index (κ1) is 14.9.